The molecule has 0 saturated carbocycles. The molecule has 0 radical (unpaired) electrons. The average molecular weight is 380 g/mol. The van der Waals surface area contributed by atoms with Crippen LogP contribution in [0.5, 0.6) is 5.75 Å². The van der Waals surface area contributed by atoms with Crippen LogP contribution < -0.4 is 4.18 Å². The van der Waals surface area contributed by atoms with Gasteiger partial charge in [-0.25, -0.2) is 0 Å². The Bertz CT molecular complexity index is 897. The molecule has 0 aliphatic heterocycles. The summed E-state index contributed by atoms with van der Waals surface area (Å²) in [6.45, 7) is 0. The minimum absolute atomic E-state index is 0.163. The molecule has 1 aliphatic carbocycles. The summed E-state index contributed by atoms with van der Waals surface area (Å²) in [5.41, 5.74) is -3.41. The molecule has 24 heavy (non-hydrogen) atoms. The quantitative estimate of drug-likeness (QED) is 0.441. The van der Waals surface area contributed by atoms with Crippen molar-refractivity contribution in [2.24, 2.45) is 0 Å². The molecule has 1 aromatic carbocycles. The number of fused-ring (bicyclic) bond motifs is 2. The van der Waals surface area contributed by atoms with Gasteiger partial charge in [0.1, 0.15) is 0 Å². The number of halogens is 4. The van der Waals surface area contributed by atoms with Gasteiger partial charge in [-0.15, -0.1) is 0 Å². The van der Waals surface area contributed by atoms with Crippen molar-refractivity contribution in [2.45, 2.75) is 37.6 Å². The molecule has 0 fully saturated rings. The lowest BCUT2D eigenvalue weighted by molar-refractivity contribution is -0.0499. The molecule has 130 valence electrons. The molecule has 2 aromatic rings. The summed E-state index contributed by atoms with van der Waals surface area (Å²) >= 11 is 5.89. The van der Waals surface area contributed by atoms with E-state index < -0.39 is 21.4 Å². The van der Waals surface area contributed by atoms with E-state index in [1.165, 1.54) is 12.1 Å². The van der Waals surface area contributed by atoms with Gasteiger partial charge in [-0.3, -0.25) is 4.98 Å². The Morgan fingerprint density at radius 2 is 1.83 bits per heavy atom. The van der Waals surface area contributed by atoms with Gasteiger partial charge in [0.2, 0.25) is 0 Å². The van der Waals surface area contributed by atoms with E-state index in [-0.39, 0.29) is 10.4 Å². The Labute approximate surface area is 141 Å². The maximum Gasteiger partial charge on any atom is 0.534 e. The largest absolute Gasteiger partial charge is 0.534 e. The van der Waals surface area contributed by atoms with Crippen LogP contribution in [0.2, 0.25) is 5.02 Å². The van der Waals surface area contributed by atoms with Crippen LogP contribution in [0.25, 0.3) is 10.9 Å². The predicted molar refractivity (Wildman–Crippen MR) is 83.6 cm³/mol. The van der Waals surface area contributed by atoms with Crippen molar-refractivity contribution in [3.05, 3.63) is 34.5 Å². The molecule has 0 spiro atoms. The smallest absolute Gasteiger partial charge is 0.374 e. The van der Waals surface area contributed by atoms with E-state index in [2.05, 4.69) is 9.17 Å². The van der Waals surface area contributed by atoms with Gasteiger partial charge < -0.3 is 4.18 Å². The highest BCUT2D eigenvalue weighted by molar-refractivity contribution is 7.88. The Hall–Kier alpha value is -1.54. The monoisotopic (exact) mass is 379 g/mol. The van der Waals surface area contributed by atoms with Crippen molar-refractivity contribution in [3.63, 3.8) is 0 Å². The third-order valence-corrected chi connectivity index (χ3v) is 5.16. The third kappa shape index (κ3) is 3.17. The lowest BCUT2D eigenvalue weighted by atomic mass is 10.0. The van der Waals surface area contributed by atoms with Gasteiger partial charge in [0.15, 0.2) is 5.75 Å². The van der Waals surface area contributed by atoms with Crippen molar-refractivity contribution in [1.29, 1.82) is 0 Å². The molecular weight excluding hydrogens is 367 g/mol. The second kappa shape index (κ2) is 6.07. The number of hydrogen-bond acceptors (Lipinski definition) is 4. The van der Waals surface area contributed by atoms with Gasteiger partial charge >= 0.3 is 15.6 Å². The molecule has 1 aromatic heterocycles. The number of alkyl halides is 3. The van der Waals surface area contributed by atoms with Crippen LogP contribution in [0.15, 0.2) is 18.2 Å². The predicted octanol–water partition coefficient (Wildman–Crippen LogP) is 4.39. The van der Waals surface area contributed by atoms with Crippen molar-refractivity contribution in [1.82, 2.24) is 4.98 Å². The van der Waals surface area contributed by atoms with Crippen LogP contribution in [0, 0.1) is 0 Å². The topological polar surface area (TPSA) is 56.3 Å². The molecular formula is C15H13ClF3NO3S. The lowest BCUT2D eigenvalue weighted by Crippen LogP contribution is -2.28. The zero-order valence-corrected chi connectivity index (χ0v) is 13.9. The van der Waals surface area contributed by atoms with E-state index in [0.717, 1.165) is 43.4 Å². The van der Waals surface area contributed by atoms with Gasteiger partial charge in [0.25, 0.3) is 0 Å². The Balaban J connectivity index is 2.17. The zero-order chi connectivity index (χ0) is 17.5. The fraction of sp³-hybridized carbons (Fsp3) is 0.400. The first-order valence-corrected chi connectivity index (χ1v) is 9.09. The molecule has 0 amide bonds. The standard InChI is InChI=1S/C15H13ClF3NO3S/c16-11-6-7-13-10(14(11)23-24(21,22)15(17,18)19)8-9-4-2-1-3-5-12(9)20-13/h6-8H,1-5H2. The molecule has 0 atom stereocenters. The van der Waals surface area contributed by atoms with Gasteiger partial charge in [-0.1, -0.05) is 18.0 Å². The number of aryl methyl sites for hydroxylation is 2. The van der Waals surface area contributed by atoms with Gasteiger partial charge in [0.05, 0.1) is 10.5 Å². The van der Waals surface area contributed by atoms with Gasteiger partial charge in [0, 0.05) is 11.1 Å². The van der Waals surface area contributed by atoms with E-state index in [9.17, 15) is 21.6 Å². The highest BCUT2D eigenvalue weighted by atomic mass is 35.5. The number of benzene rings is 1. The second-order valence-electron chi connectivity index (χ2n) is 5.58. The molecule has 4 nitrogen and oxygen atoms in total. The highest BCUT2D eigenvalue weighted by Crippen LogP contribution is 2.38. The molecule has 0 saturated heterocycles. The van der Waals surface area contributed by atoms with Crippen molar-refractivity contribution < 1.29 is 25.8 Å². The summed E-state index contributed by atoms with van der Waals surface area (Å²) in [4.78, 5) is 4.45. The molecule has 0 unspecified atom stereocenters. The minimum Gasteiger partial charge on any atom is -0.374 e. The fourth-order valence-electron chi connectivity index (χ4n) is 2.73. The number of rotatable bonds is 2. The maximum absolute atomic E-state index is 12.6. The zero-order valence-electron chi connectivity index (χ0n) is 12.4. The molecule has 1 aliphatic rings. The van der Waals surface area contributed by atoms with Crippen LogP contribution >= 0.6 is 11.6 Å². The summed E-state index contributed by atoms with van der Waals surface area (Å²) < 4.78 is 64.8. The molecule has 9 heteroatoms. The highest BCUT2D eigenvalue weighted by Gasteiger charge is 2.49. The first-order valence-electron chi connectivity index (χ1n) is 7.31. The van der Waals surface area contributed by atoms with E-state index in [0.29, 0.717) is 5.52 Å². The van der Waals surface area contributed by atoms with Crippen LogP contribution in [0.3, 0.4) is 0 Å². The van der Waals surface area contributed by atoms with Crippen LogP contribution in [0.1, 0.15) is 30.5 Å². The summed E-state index contributed by atoms with van der Waals surface area (Å²) in [5.74, 6) is -0.536. The van der Waals surface area contributed by atoms with Gasteiger partial charge in [-0.2, -0.15) is 21.6 Å². The van der Waals surface area contributed by atoms with E-state index in [1.54, 1.807) is 6.07 Å². The van der Waals surface area contributed by atoms with Crippen LogP contribution in [0.4, 0.5) is 13.2 Å². The van der Waals surface area contributed by atoms with Crippen LogP contribution in [-0.4, -0.2) is 18.9 Å². The van der Waals surface area contributed by atoms with E-state index in [1.807, 2.05) is 0 Å². The number of nitrogens with zero attached hydrogens (tertiary/aromatic N) is 1. The third-order valence-electron chi connectivity index (χ3n) is 3.91. The number of aromatic nitrogens is 1. The average Bonchev–Trinajstić information content (AvgIpc) is 2.72. The number of hydrogen-bond donors (Lipinski definition) is 0. The SMILES string of the molecule is O=S(=O)(Oc1c(Cl)ccc2nc3c(cc12)CCCCC3)C(F)(F)F. The Morgan fingerprint density at radius 3 is 2.54 bits per heavy atom. The maximum atomic E-state index is 12.6. The summed E-state index contributed by atoms with van der Waals surface area (Å²) in [5, 5.41) is -0.0540. The van der Waals surface area contributed by atoms with Crippen molar-refractivity contribution >= 4 is 32.6 Å². The molecule has 0 N–H and O–H groups in total. The van der Waals surface area contributed by atoms with Crippen molar-refractivity contribution in [2.75, 3.05) is 0 Å². The molecule has 1 heterocycles. The van der Waals surface area contributed by atoms with Crippen molar-refractivity contribution in [3.8, 4) is 5.75 Å². The van der Waals surface area contributed by atoms with E-state index in [4.69, 9.17) is 11.6 Å². The second-order valence-corrected chi connectivity index (χ2v) is 7.53. The minimum atomic E-state index is -5.81. The Kier molecular flexibility index (Phi) is 4.37. The summed E-state index contributed by atoms with van der Waals surface area (Å²) in [6, 6.07) is 4.45. The molecule has 0 bridgehead atoms. The first-order chi connectivity index (χ1) is 11.2. The van der Waals surface area contributed by atoms with Gasteiger partial charge in [-0.05, 0) is 49.4 Å². The van der Waals surface area contributed by atoms with Crippen LogP contribution in [-0.2, 0) is 23.0 Å². The number of pyridine rings is 1. The summed E-state index contributed by atoms with van der Waals surface area (Å²) in [6.07, 6.45) is 4.49. The van der Waals surface area contributed by atoms with E-state index >= 15 is 0 Å². The normalized spacial score (nSPS) is 15.8. The lowest BCUT2D eigenvalue weighted by Gasteiger charge is -2.14. The fourth-order valence-corrected chi connectivity index (χ4v) is 3.48. The summed E-state index contributed by atoms with van der Waals surface area (Å²) in [7, 11) is -5.81. The Morgan fingerprint density at radius 1 is 1.12 bits per heavy atom. The molecule has 3 rings (SSSR count). The first kappa shape index (κ1) is 17.3.